The van der Waals surface area contributed by atoms with Crippen LogP contribution in [-0.2, 0) is 9.63 Å². The average Bonchev–Trinajstić information content (AvgIpc) is 3.00. The fourth-order valence-corrected chi connectivity index (χ4v) is 2.30. The molecule has 118 valence electrons. The Morgan fingerprint density at radius 3 is 2.70 bits per heavy atom. The zero-order valence-electron chi connectivity index (χ0n) is 11.5. The van der Waals surface area contributed by atoms with Gasteiger partial charge in [-0.15, -0.1) is 0 Å². The van der Waals surface area contributed by atoms with Gasteiger partial charge in [0, 0.05) is 28.1 Å². The van der Waals surface area contributed by atoms with Crippen molar-refractivity contribution < 1.29 is 14.6 Å². The van der Waals surface area contributed by atoms with Gasteiger partial charge in [0.2, 0.25) is 0 Å². The molecule has 0 saturated heterocycles. The van der Waals surface area contributed by atoms with Crippen molar-refractivity contribution in [1.29, 1.82) is 0 Å². The predicted octanol–water partition coefficient (Wildman–Crippen LogP) is 3.19. The van der Waals surface area contributed by atoms with Crippen LogP contribution in [0, 0.1) is 10.1 Å². The van der Waals surface area contributed by atoms with Crippen molar-refractivity contribution in [2.24, 2.45) is 10.9 Å². The molecule has 0 saturated carbocycles. The van der Waals surface area contributed by atoms with Crippen molar-refractivity contribution in [3.63, 3.8) is 0 Å². The number of carbonyl (C=O) groups excluding carboxylic acids is 1. The minimum Gasteiger partial charge on any atom is -0.380 e. The Balaban J connectivity index is 1.95. The molecule has 0 amide bonds. The van der Waals surface area contributed by atoms with E-state index in [9.17, 15) is 14.9 Å². The first-order valence-electron chi connectivity index (χ1n) is 6.17. The zero-order chi connectivity index (χ0) is 16.8. The van der Waals surface area contributed by atoms with E-state index in [-0.39, 0.29) is 10.8 Å². The summed E-state index contributed by atoms with van der Waals surface area (Å²) < 4.78 is 0. The summed E-state index contributed by atoms with van der Waals surface area (Å²) in [7, 11) is 0. The van der Waals surface area contributed by atoms with Gasteiger partial charge in [-0.05, 0) is 35.9 Å². The number of hydrogen-bond acceptors (Lipinski definition) is 6. The SMILES string of the molecule is N/C(=N\OC(=O)/C=C/c1csc([N+](=O)[O-])c1)c1ccc(Cl)cc1. The molecule has 1 aromatic carbocycles. The normalized spacial score (nSPS) is 11.6. The quantitative estimate of drug-likeness (QED) is 0.222. The second kappa shape index (κ2) is 7.52. The van der Waals surface area contributed by atoms with Crippen LogP contribution in [0.2, 0.25) is 5.02 Å². The Morgan fingerprint density at radius 2 is 2.09 bits per heavy atom. The maximum absolute atomic E-state index is 11.5. The van der Waals surface area contributed by atoms with Crippen LogP contribution < -0.4 is 5.73 Å². The molecule has 0 spiro atoms. The minimum atomic E-state index is -0.754. The minimum absolute atomic E-state index is 0.0111. The van der Waals surface area contributed by atoms with E-state index in [2.05, 4.69) is 9.99 Å². The van der Waals surface area contributed by atoms with E-state index in [0.29, 0.717) is 16.1 Å². The predicted molar refractivity (Wildman–Crippen MR) is 88.3 cm³/mol. The van der Waals surface area contributed by atoms with Crippen LogP contribution in [0.1, 0.15) is 11.1 Å². The number of thiophene rings is 1. The highest BCUT2D eigenvalue weighted by Crippen LogP contribution is 2.23. The molecule has 23 heavy (non-hydrogen) atoms. The highest BCUT2D eigenvalue weighted by Gasteiger charge is 2.08. The third-order valence-corrected chi connectivity index (χ3v) is 3.72. The summed E-state index contributed by atoms with van der Waals surface area (Å²) in [6, 6.07) is 7.87. The van der Waals surface area contributed by atoms with Crippen LogP contribution in [0.3, 0.4) is 0 Å². The van der Waals surface area contributed by atoms with Crippen LogP contribution in [0.15, 0.2) is 46.9 Å². The van der Waals surface area contributed by atoms with E-state index in [1.807, 2.05) is 0 Å². The van der Waals surface area contributed by atoms with Crippen molar-refractivity contribution in [3.8, 4) is 0 Å². The van der Waals surface area contributed by atoms with Gasteiger partial charge in [-0.2, -0.15) is 0 Å². The first-order valence-corrected chi connectivity index (χ1v) is 7.43. The highest BCUT2D eigenvalue weighted by atomic mass is 35.5. The summed E-state index contributed by atoms with van der Waals surface area (Å²) in [4.78, 5) is 26.2. The molecule has 1 aromatic heterocycles. The van der Waals surface area contributed by atoms with Crippen molar-refractivity contribution in [1.82, 2.24) is 0 Å². The lowest BCUT2D eigenvalue weighted by Gasteiger charge is -1.99. The second-order valence-corrected chi connectivity index (χ2v) is 5.53. The van der Waals surface area contributed by atoms with Crippen molar-refractivity contribution in [2.75, 3.05) is 0 Å². The number of benzene rings is 1. The monoisotopic (exact) mass is 351 g/mol. The summed E-state index contributed by atoms with van der Waals surface area (Å²) in [5.41, 5.74) is 6.75. The van der Waals surface area contributed by atoms with E-state index in [4.69, 9.17) is 17.3 Å². The lowest BCUT2D eigenvalue weighted by atomic mass is 10.2. The Labute approximate surface area is 139 Å². The first-order chi connectivity index (χ1) is 11.0. The summed E-state index contributed by atoms with van der Waals surface area (Å²) in [6.45, 7) is 0. The van der Waals surface area contributed by atoms with E-state index in [1.54, 1.807) is 29.6 Å². The summed E-state index contributed by atoms with van der Waals surface area (Å²) in [5, 5.41) is 16.1. The molecule has 2 N–H and O–H groups in total. The Morgan fingerprint density at radius 1 is 1.39 bits per heavy atom. The number of oxime groups is 1. The number of nitrogens with two attached hydrogens (primary N) is 1. The topological polar surface area (TPSA) is 108 Å². The van der Waals surface area contributed by atoms with E-state index in [0.717, 1.165) is 17.4 Å². The number of rotatable bonds is 5. The van der Waals surface area contributed by atoms with E-state index < -0.39 is 10.9 Å². The maximum atomic E-state index is 11.5. The van der Waals surface area contributed by atoms with Crippen LogP contribution in [0.4, 0.5) is 5.00 Å². The molecule has 0 aliphatic heterocycles. The van der Waals surface area contributed by atoms with Gasteiger partial charge in [0.05, 0.1) is 4.92 Å². The van der Waals surface area contributed by atoms with Crippen molar-refractivity contribution >= 4 is 45.8 Å². The van der Waals surface area contributed by atoms with Gasteiger partial charge < -0.3 is 10.6 Å². The molecular formula is C14H10ClN3O4S. The molecule has 9 heteroatoms. The van der Waals surface area contributed by atoms with Crippen molar-refractivity contribution in [3.05, 3.63) is 68.1 Å². The van der Waals surface area contributed by atoms with E-state index >= 15 is 0 Å². The Kier molecular flexibility index (Phi) is 5.45. The maximum Gasteiger partial charge on any atom is 0.358 e. The molecule has 0 aliphatic rings. The molecule has 7 nitrogen and oxygen atoms in total. The summed E-state index contributed by atoms with van der Waals surface area (Å²) >= 11 is 6.71. The van der Waals surface area contributed by atoms with Crippen LogP contribution in [0.25, 0.3) is 6.08 Å². The first kappa shape index (κ1) is 16.7. The molecular weight excluding hydrogens is 342 g/mol. The third kappa shape index (κ3) is 4.90. The molecule has 0 fully saturated rings. The van der Waals surface area contributed by atoms with Gasteiger partial charge in [-0.25, -0.2) is 4.79 Å². The van der Waals surface area contributed by atoms with Crippen LogP contribution >= 0.6 is 22.9 Å². The fourth-order valence-electron chi connectivity index (χ4n) is 1.48. The second-order valence-electron chi connectivity index (χ2n) is 4.20. The van der Waals surface area contributed by atoms with Gasteiger partial charge in [0.1, 0.15) is 0 Å². The molecule has 2 rings (SSSR count). The average molecular weight is 352 g/mol. The number of amidine groups is 1. The Bertz CT molecular complexity index is 784. The summed E-state index contributed by atoms with van der Waals surface area (Å²) in [6.07, 6.45) is 2.49. The highest BCUT2D eigenvalue weighted by molar-refractivity contribution is 7.13. The van der Waals surface area contributed by atoms with Crippen LogP contribution in [-0.4, -0.2) is 16.7 Å². The molecule has 0 atom stereocenters. The number of carbonyl (C=O) groups is 1. The largest absolute Gasteiger partial charge is 0.380 e. The molecule has 2 aromatic rings. The van der Waals surface area contributed by atoms with Gasteiger partial charge in [0.25, 0.3) is 0 Å². The molecule has 0 bridgehead atoms. The number of halogens is 1. The standard InChI is InChI=1S/C14H10ClN3O4S/c15-11-4-2-10(3-5-11)14(16)17-22-13(19)6-1-9-7-12(18(20)21)23-8-9/h1-8H,(H2,16,17)/b6-1+. The number of nitro groups is 1. The number of nitrogens with zero attached hydrogens (tertiary/aromatic N) is 2. The molecule has 0 radical (unpaired) electrons. The van der Waals surface area contributed by atoms with Crippen LogP contribution in [0.5, 0.6) is 0 Å². The molecule has 0 aliphatic carbocycles. The van der Waals surface area contributed by atoms with Crippen molar-refractivity contribution in [2.45, 2.75) is 0 Å². The van der Waals surface area contributed by atoms with Gasteiger partial charge >= 0.3 is 11.0 Å². The Hall–Kier alpha value is -2.71. The van der Waals surface area contributed by atoms with Gasteiger partial charge in [-0.1, -0.05) is 28.1 Å². The lowest BCUT2D eigenvalue weighted by Crippen LogP contribution is -2.14. The van der Waals surface area contributed by atoms with Gasteiger partial charge in [0.15, 0.2) is 5.84 Å². The molecule has 0 unspecified atom stereocenters. The third-order valence-electron chi connectivity index (χ3n) is 2.57. The smallest absolute Gasteiger partial charge is 0.358 e. The number of hydrogen-bond donors (Lipinski definition) is 1. The van der Waals surface area contributed by atoms with E-state index in [1.165, 1.54) is 12.1 Å². The lowest BCUT2D eigenvalue weighted by molar-refractivity contribution is -0.380. The fraction of sp³-hybridized carbons (Fsp3) is 0. The molecule has 1 heterocycles. The zero-order valence-corrected chi connectivity index (χ0v) is 13.1. The summed E-state index contributed by atoms with van der Waals surface area (Å²) in [5.74, 6) is -0.731. The van der Waals surface area contributed by atoms with Gasteiger partial charge in [-0.3, -0.25) is 10.1 Å².